The number of rotatable bonds is 20. The van der Waals surface area contributed by atoms with Gasteiger partial charge in [0.25, 0.3) is 11.8 Å². The lowest BCUT2D eigenvalue weighted by molar-refractivity contribution is -0.131. The minimum absolute atomic E-state index is 0.106. The van der Waals surface area contributed by atoms with E-state index in [1.807, 2.05) is 48.9 Å². The average Bonchev–Trinajstić information content (AvgIpc) is 4.14. The Hall–Kier alpha value is -4.57. The van der Waals surface area contributed by atoms with Crippen molar-refractivity contribution in [2.24, 2.45) is 0 Å². The van der Waals surface area contributed by atoms with Gasteiger partial charge in [-0.2, -0.15) is 23.5 Å². The SMILES string of the molecule is CSCC[C@@H](C=O)NC(=O)C1(NC(=O)c2ccc(-c3csc(N4CCN(C)CC4)n3)cc2)CCCCC1.CSCC[C@@H](CO)NC(=O)C1(NC(=O)c2ccc(-c3csc(N4CCN(C)CC4)n3)cc2)CCCCC1. The van der Waals surface area contributed by atoms with Gasteiger partial charge in [-0.05, 0) is 101 Å². The number of hydrogen-bond acceptors (Lipinski definition) is 16. The first-order valence-corrected chi connectivity index (χ1v) is 30.7. The number of carbonyl (C=O) groups is 5. The summed E-state index contributed by atoms with van der Waals surface area (Å²) in [4.78, 5) is 83.6. The van der Waals surface area contributed by atoms with Crippen molar-refractivity contribution in [3.63, 3.8) is 0 Å². The molecule has 16 nitrogen and oxygen atoms in total. The maximum Gasteiger partial charge on any atom is 0.252 e. The number of thioether (sulfide) groups is 2. The maximum absolute atomic E-state index is 13.4. The van der Waals surface area contributed by atoms with Crippen LogP contribution in [0, 0.1) is 0 Å². The zero-order chi connectivity index (χ0) is 52.5. The molecule has 2 aliphatic heterocycles. The van der Waals surface area contributed by atoms with Gasteiger partial charge in [0.1, 0.15) is 17.4 Å². The van der Waals surface area contributed by atoms with Crippen molar-refractivity contribution in [3.8, 4) is 22.5 Å². The number of aliphatic hydroxyl groups is 1. The third-order valence-electron chi connectivity index (χ3n) is 14.7. The summed E-state index contributed by atoms with van der Waals surface area (Å²) in [5.41, 5.74) is 2.85. The fraction of sp³-hybridized carbons (Fsp3) is 0.574. The first-order valence-electron chi connectivity index (χ1n) is 26.2. The van der Waals surface area contributed by atoms with E-state index in [4.69, 9.17) is 9.97 Å². The molecular formula is C54H76N10O6S4. The molecule has 4 aliphatic rings. The van der Waals surface area contributed by atoms with Crippen LogP contribution < -0.4 is 31.1 Å². The van der Waals surface area contributed by atoms with Crippen molar-refractivity contribution in [1.82, 2.24) is 41.0 Å². The van der Waals surface area contributed by atoms with E-state index in [0.717, 1.165) is 141 Å². The molecular weight excluding hydrogens is 1010 g/mol. The number of piperazine rings is 2. The molecule has 2 aliphatic carbocycles. The number of aliphatic hydroxyl groups excluding tert-OH is 1. The molecule has 74 heavy (non-hydrogen) atoms. The molecule has 2 aromatic carbocycles. The number of benzene rings is 2. The van der Waals surface area contributed by atoms with Crippen molar-refractivity contribution >= 4 is 86.4 Å². The molecule has 2 atom stereocenters. The van der Waals surface area contributed by atoms with Gasteiger partial charge >= 0.3 is 0 Å². The zero-order valence-electron chi connectivity index (χ0n) is 43.6. The van der Waals surface area contributed by atoms with Crippen molar-refractivity contribution in [3.05, 3.63) is 70.4 Å². The van der Waals surface area contributed by atoms with Gasteiger partial charge in [0, 0.05) is 85.4 Å². The number of thiazole rings is 2. The number of aromatic nitrogens is 2. The highest BCUT2D eigenvalue weighted by Gasteiger charge is 2.43. The Bertz CT molecular complexity index is 2430. The highest BCUT2D eigenvalue weighted by molar-refractivity contribution is 7.98. The standard InChI is InChI=1S/C27H39N5O3S2.C27H37N5O3S2/c2*1-31-13-15-32(16-14-31)26-29-23(19-37-26)20-6-8-21(9-7-20)24(34)30-27(11-4-3-5-12-27)25(35)28-22(18-33)10-17-36-2/h6-9,19,22,33H,3-5,10-18H2,1-2H3,(H,28,35)(H,30,34);6-9,18-19,22H,3-5,10-17H2,1-2H3,(H,28,35)(H,30,34)/t2*22-/m00/s1. The van der Waals surface area contributed by atoms with Gasteiger partial charge in [0.2, 0.25) is 11.8 Å². The molecule has 4 fully saturated rings. The van der Waals surface area contributed by atoms with E-state index in [-0.39, 0.29) is 36.3 Å². The molecule has 0 spiro atoms. The molecule has 20 heteroatoms. The van der Waals surface area contributed by atoms with Crippen LogP contribution in [0.4, 0.5) is 10.3 Å². The molecule has 5 N–H and O–H groups in total. The van der Waals surface area contributed by atoms with E-state index in [1.54, 1.807) is 58.3 Å². The largest absolute Gasteiger partial charge is 0.394 e. The Labute approximate surface area is 454 Å². The first kappa shape index (κ1) is 57.1. The van der Waals surface area contributed by atoms with Gasteiger partial charge < -0.3 is 50.8 Å². The van der Waals surface area contributed by atoms with E-state index in [9.17, 15) is 29.1 Å². The van der Waals surface area contributed by atoms with E-state index < -0.39 is 17.1 Å². The third kappa shape index (κ3) is 15.3. The molecule has 0 bridgehead atoms. The Morgan fingerprint density at radius 3 is 1.42 bits per heavy atom. The van der Waals surface area contributed by atoms with Gasteiger partial charge in [0.15, 0.2) is 10.3 Å². The lowest BCUT2D eigenvalue weighted by atomic mass is 9.80. The number of nitrogens with zero attached hydrogens (tertiary/aromatic N) is 6. The Morgan fingerprint density at radius 1 is 0.622 bits per heavy atom. The molecule has 402 valence electrons. The summed E-state index contributed by atoms with van der Waals surface area (Å²) in [5, 5.41) is 27.9. The van der Waals surface area contributed by atoms with Crippen LogP contribution in [-0.4, -0.2) is 175 Å². The van der Waals surface area contributed by atoms with E-state index >= 15 is 0 Å². The van der Waals surface area contributed by atoms with Crippen LogP contribution in [-0.2, 0) is 14.4 Å². The number of anilines is 2. The summed E-state index contributed by atoms with van der Waals surface area (Å²) in [5.74, 6) is 0.681. The third-order valence-corrected chi connectivity index (χ3v) is 17.8. The number of amides is 4. The summed E-state index contributed by atoms with van der Waals surface area (Å²) < 4.78 is 0. The summed E-state index contributed by atoms with van der Waals surface area (Å²) in [6.07, 6.45) is 14.0. The van der Waals surface area contributed by atoms with Crippen molar-refractivity contribution in [1.29, 1.82) is 0 Å². The van der Waals surface area contributed by atoms with Gasteiger partial charge in [-0.15, -0.1) is 22.7 Å². The van der Waals surface area contributed by atoms with Crippen LogP contribution in [0.5, 0.6) is 0 Å². The Balaban J connectivity index is 0.000000216. The number of nitrogens with one attached hydrogen (secondary N) is 4. The van der Waals surface area contributed by atoms with Crippen LogP contribution >= 0.6 is 46.2 Å². The molecule has 2 saturated carbocycles. The Kier molecular flexibility index (Phi) is 21.6. The van der Waals surface area contributed by atoms with Crippen LogP contribution in [0.25, 0.3) is 22.5 Å². The van der Waals surface area contributed by atoms with Crippen molar-refractivity contribution < 1.29 is 29.1 Å². The lowest BCUT2D eigenvalue weighted by Gasteiger charge is -2.37. The first-order chi connectivity index (χ1) is 35.9. The molecule has 0 radical (unpaired) electrons. The number of aldehydes is 1. The molecule has 2 aromatic heterocycles. The quantitative estimate of drug-likeness (QED) is 0.0591. The number of likely N-dealkylation sites (N-methyl/N-ethyl adjacent to an activating group) is 2. The minimum atomic E-state index is -0.985. The second-order valence-corrected chi connectivity index (χ2v) is 23.7. The molecule has 4 heterocycles. The molecule has 2 saturated heterocycles. The smallest absolute Gasteiger partial charge is 0.252 e. The highest BCUT2D eigenvalue weighted by Crippen LogP contribution is 2.33. The molecule has 0 unspecified atom stereocenters. The summed E-state index contributed by atoms with van der Waals surface area (Å²) in [7, 11) is 4.28. The van der Waals surface area contributed by atoms with E-state index in [0.29, 0.717) is 49.7 Å². The van der Waals surface area contributed by atoms with Gasteiger partial charge in [-0.3, -0.25) is 19.2 Å². The summed E-state index contributed by atoms with van der Waals surface area (Å²) >= 11 is 6.62. The van der Waals surface area contributed by atoms with Crippen molar-refractivity contribution in [2.45, 2.75) is 100 Å². The predicted octanol–water partition coefficient (Wildman–Crippen LogP) is 6.66. The van der Waals surface area contributed by atoms with Crippen LogP contribution in [0.3, 0.4) is 0 Å². The fourth-order valence-electron chi connectivity index (χ4n) is 9.89. The van der Waals surface area contributed by atoms with E-state index in [2.05, 4.69) is 65.7 Å². The second-order valence-electron chi connectivity index (χ2n) is 20.1. The zero-order valence-corrected chi connectivity index (χ0v) is 46.8. The topological polar surface area (TPSA) is 192 Å². The molecule has 4 amide bonds. The summed E-state index contributed by atoms with van der Waals surface area (Å²) in [6, 6.07) is 14.0. The lowest BCUT2D eigenvalue weighted by Crippen LogP contribution is -2.61. The van der Waals surface area contributed by atoms with Crippen LogP contribution in [0.15, 0.2) is 59.3 Å². The predicted molar refractivity (Wildman–Crippen MR) is 304 cm³/mol. The average molecular weight is 1090 g/mol. The van der Waals surface area contributed by atoms with Gasteiger partial charge in [0.05, 0.1) is 30.1 Å². The summed E-state index contributed by atoms with van der Waals surface area (Å²) in [6.45, 7) is 7.95. The number of hydrogen-bond donors (Lipinski definition) is 5. The Morgan fingerprint density at radius 2 is 1.03 bits per heavy atom. The van der Waals surface area contributed by atoms with Crippen LogP contribution in [0.2, 0.25) is 0 Å². The second kappa shape index (κ2) is 28.0. The van der Waals surface area contributed by atoms with Crippen molar-refractivity contribution in [2.75, 3.05) is 107 Å². The molecule has 4 aromatic rings. The maximum atomic E-state index is 13.4. The molecule has 8 rings (SSSR count). The normalized spacial score (nSPS) is 18.8. The highest BCUT2D eigenvalue weighted by atomic mass is 32.2. The van der Waals surface area contributed by atoms with Gasteiger partial charge in [-0.25, -0.2) is 9.97 Å². The van der Waals surface area contributed by atoms with E-state index in [1.165, 1.54) is 0 Å². The van der Waals surface area contributed by atoms with Crippen LogP contribution in [0.1, 0.15) is 97.8 Å². The monoisotopic (exact) mass is 1090 g/mol. The fourth-order valence-corrected chi connectivity index (χ4v) is 12.7. The minimum Gasteiger partial charge on any atom is -0.394 e. The van der Waals surface area contributed by atoms with Gasteiger partial charge in [-0.1, -0.05) is 62.8 Å². The number of carbonyl (C=O) groups excluding carboxylic acids is 5.